The molecular formula is C23H27N3O5. The number of amides is 1. The Balaban J connectivity index is 0.000000730. The first-order chi connectivity index (χ1) is 15.1. The molecule has 1 spiro atoms. The van der Waals surface area contributed by atoms with E-state index in [-0.39, 0.29) is 30.7 Å². The molecule has 31 heavy (non-hydrogen) atoms. The summed E-state index contributed by atoms with van der Waals surface area (Å²) in [5.74, 6) is 2.42. The fraction of sp³-hybridized carbons (Fsp3) is 0.435. The first-order valence-electron chi connectivity index (χ1n) is 10.5. The SMILES string of the molecule is O=C(COc1ccccc1)NC[C@H]1[C@H]2CN(c3ccccn3)C[C@]23CC[C@H]1O3.O=CO. The molecule has 8 nitrogen and oxygen atoms in total. The second-order valence-corrected chi connectivity index (χ2v) is 8.11. The van der Waals surface area contributed by atoms with Gasteiger partial charge in [-0.15, -0.1) is 0 Å². The lowest BCUT2D eigenvalue weighted by molar-refractivity contribution is -0.124. The third-order valence-electron chi connectivity index (χ3n) is 6.41. The second kappa shape index (κ2) is 9.34. The van der Waals surface area contributed by atoms with Crippen LogP contribution in [0, 0.1) is 11.8 Å². The summed E-state index contributed by atoms with van der Waals surface area (Å²) in [7, 11) is 0. The minimum absolute atomic E-state index is 0.0398. The number of pyridine rings is 1. The number of anilines is 1. The monoisotopic (exact) mass is 425 g/mol. The van der Waals surface area contributed by atoms with E-state index < -0.39 is 0 Å². The predicted octanol–water partition coefficient (Wildman–Crippen LogP) is 1.96. The van der Waals surface area contributed by atoms with Crippen molar-refractivity contribution in [3.63, 3.8) is 0 Å². The molecule has 4 atom stereocenters. The van der Waals surface area contributed by atoms with Crippen molar-refractivity contribution in [1.82, 2.24) is 10.3 Å². The molecule has 1 aromatic carbocycles. The zero-order chi connectivity index (χ0) is 21.7. The molecule has 8 heteroatoms. The number of fused-ring (bicyclic) bond motifs is 1. The summed E-state index contributed by atoms with van der Waals surface area (Å²) in [6.07, 6.45) is 4.27. The average molecular weight is 425 g/mol. The highest BCUT2D eigenvalue weighted by atomic mass is 16.5. The summed E-state index contributed by atoms with van der Waals surface area (Å²) in [4.78, 5) is 27.5. The Hall–Kier alpha value is -3.13. The highest BCUT2D eigenvalue weighted by molar-refractivity contribution is 5.77. The lowest BCUT2D eigenvalue weighted by Gasteiger charge is -2.29. The second-order valence-electron chi connectivity index (χ2n) is 8.11. The number of benzene rings is 1. The van der Waals surface area contributed by atoms with Crippen LogP contribution in [-0.2, 0) is 14.3 Å². The molecule has 3 aliphatic rings. The fourth-order valence-corrected chi connectivity index (χ4v) is 5.13. The zero-order valence-electron chi connectivity index (χ0n) is 17.2. The summed E-state index contributed by atoms with van der Waals surface area (Å²) in [5.41, 5.74) is -0.0713. The number of carboxylic acid groups (broad SMARTS) is 1. The number of aromatic nitrogens is 1. The van der Waals surface area contributed by atoms with E-state index in [1.165, 1.54) is 0 Å². The highest BCUT2D eigenvalue weighted by Crippen LogP contribution is 2.55. The van der Waals surface area contributed by atoms with Crippen LogP contribution in [0.25, 0.3) is 0 Å². The van der Waals surface area contributed by atoms with E-state index in [0.717, 1.165) is 31.7 Å². The van der Waals surface area contributed by atoms with Gasteiger partial charge in [0.1, 0.15) is 11.6 Å². The maximum absolute atomic E-state index is 12.3. The van der Waals surface area contributed by atoms with Crippen LogP contribution in [0.5, 0.6) is 5.75 Å². The number of carbonyl (C=O) groups is 2. The molecule has 1 aromatic heterocycles. The molecule has 3 aliphatic heterocycles. The number of nitrogens with one attached hydrogen (secondary N) is 1. The van der Waals surface area contributed by atoms with E-state index in [1.807, 2.05) is 48.7 Å². The molecule has 4 heterocycles. The van der Waals surface area contributed by atoms with Crippen molar-refractivity contribution in [3.05, 3.63) is 54.7 Å². The molecule has 2 aromatic rings. The minimum Gasteiger partial charge on any atom is -0.484 e. The first kappa shape index (κ1) is 21.1. The molecule has 2 N–H and O–H groups in total. The van der Waals surface area contributed by atoms with E-state index in [0.29, 0.717) is 24.1 Å². The van der Waals surface area contributed by atoms with Gasteiger partial charge in [0.05, 0.1) is 11.7 Å². The molecule has 5 rings (SSSR count). The van der Waals surface area contributed by atoms with Crippen LogP contribution in [0.3, 0.4) is 0 Å². The Morgan fingerprint density at radius 3 is 2.81 bits per heavy atom. The van der Waals surface area contributed by atoms with Crippen LogP contribution in [0.2, 0.25) is 0 Å². The van der Waals surface area contributed by atoms with Crippen LogP contribution in [-0.4, -0.2) is 60.4 Å². The van der Waals surface area contributed by atoms with E-state index >= 15 is 0 Å². The first-order valence-corrected chi connectivity index (χ1v) is 10.5. The molecular weight excluding hydrogens is 398 g/mol. The largest absolute Gasteiger partial charge is 0.484 e. The van der Waals surface area contributed by atoms with Crippen molar-refractivity contribution < 1.29 is 24.2 Å². The van der Waals surface area contributed by atoms with Gasteiger partial charge in [0.25, 0.3) is 12.4 Å². The molecule has 3 saturated heterocycles. The molecule has 0 saturated carbocycles. The number of ether oxygens (including phenoxy) is 2. The smallest absolute Gasteiger partial charge is 0.290 e. The minimum atomic E-state index is -0.250. The van der Waals surface area contributed by atoms with Crippen molar-refractivity contribution in [2.75, 3.05) is 31.1 Å². The van der Waals surface area contributed by atoms with Crippen molar-refractivity contribution in [2.45, 2.75) is 24.5 Å². The summed E-state index contributed by atoms with van der Waals surface area (Å²) >= 11 is 0. The topological polar surface area (TPSA) is 101 Å². The molecule has 0 aliphatic carbocycles. The van der Waals surface area contributed by atoms with E-state index in [1.54, 1.807) is 0 Å². The van der Waals surface area contributed by atoms with Crippen LogP contribution in [0.4, 0.5) is 5.82 Å². The normalized spacial score (nSPS) is 27.7. The van der Waals surface area contributed by atoms with Crippen LogP contribution >= 0.6 is 0 Å². The summed E-state index contributed by atoms with van der Waals surface area (Å²) in [6.45, 7) is 2.27. The van der Waals surface area contributed by atoms with Crippen molar-refractivity contribution >= 4 is 18.2 Å². The highest BCUT2D eigenvalue weighted by Gasteiger charge is 2.63. The number of rotatable bonds is 6. The quantitative estimate of drug-likeness (QED) is 0.683. The van der Waals surface area contributed by atoms with Gasteiger partial charge in [-0.25, -0.2) is 4.98 Å². The van der Waals surface area contributed by atoms with Crippen molar-refractivity contribution in [1.29, 1.82) is 0 Å². The van der Waals surface area contributed by atoms with Crippen molar-refractivity contribution in [2.24, 2.45) is 11.8 Å². The maximum Gasteiger partial charge on any atom is 0.290 e. The number of carbonyl (C=O) groups excluding carboxylic acids is 1. The summed E-state index contributed by atoms with van der Waals surface area (Å²) < 4.78 is 12.0. The van der Waals surface area contributed by atoms with Gasteiger partial charge < -0.3 is 24.8 Å². The Labute approximate surface area is 181 Å². The lowest BCUT2D eigenvalue weighted by Crippen LogP contribution is -2.42. The third-order valence-corrected chi connectivity index (χ3v) is 6.41. The van der Waals surface area contributed by atoms with Gasteiger partial charge in [-0.05, 0) is 37.1 Å². The van der Waals surface area contributed by atoms with Crippen LogP contribution in [0.15, 0.2) is 54.7 Å². The number of para-hydroxylation sites is 1. The molecule has 3 fully saturated rings. The zero-order valence-corrected chi connectivity index (χ0v) is 17.2. The van der Waals surface area contributed by atoms with Gasteiger partial charge >= 0.3 is 0 Å². The van der Waals surface area contributed by atoms with Gasteiger partial charge in [-0.2, -0.15) is 0 Å². The average Bonchev–Trinajstić information content (AvgIpc) is 3.47. The van der Waals surface area contributed by atoms with Gasteiger partial charge in [0.15, 0.2) is 6.61 Å². The molecule has 2 bridgehead atoms. The molecule has 164 valence electrons. The number of nitrogens with zero attached hydrogens (tertiary/aromatic N) is 2. The molecule has 1 amide bonds. The standard InChI is InChI=1S/C22H25N3O3.CH2O2/c26-21(14-27-16-6-2-1-3-7-16)24-12-17-18-13-25(20-8-4-5-11-23-20)15-22(18)10-9-19(17)28-22;2-1-3/h1-8,11,17-19H,9-10,12-15H2,(H,24,26);1H,(H,2,3)/t17-,18+,19+,22+;/m0./s1. The Kier molecular flexibility index (Phi) is 6.36. The van der Waals surface area contributed by atoms with Gasteiger partial charge in [-0.1, -0.05) is 24.3 Å². The van der Waals surface area contributed by atoms with Gasteiger partial charge in [0.2, 0.25) is 0 Å². The predicted molar refractivity (Wildman–Crippen MR) is 114 cm³/mol. The Bertz CT molecular complexity index is 881. The summed E-state index contributed by atoms with van der Waals surface area (Å²) in [5, 5.41) is 9.95. The van der Waals surface area contributed by atoms with E-state index in [2.05, 4.69) is 21.3 Å². The lowest BCUT2D eigenvalue weighted by atomic mass is 9.73. The Morgan fingerprint density at radius 2 is 2.06 bits per heavy atom. The third kappa shape index (κ3) is 4.49. The molecule has 0 unspecified atom stereocenters. The molecule has 0 radical (unpaired) electrons. The fourth-order valence-electron chi connectivity index (χ4n) is 5.13. The number of hydrogen-bond acceptors (Lipinski definition) is 6. The van der Waals surface area contributed by atoms with Crippen LogP contribution in [0.1, 0.15) is 12.8 Å². The Morgan fingerprint density at radius 1 is 1.29 bits per heavy atom. The van der Waals surface area contributed by atoms with E-state index in [9.17, 15) is 4.79 Å². The van der Waals surface area contributed by atoms with E-state index in [4.69, 9.17) is 19.4 Å². The number of hydrogen-bond donors (Lipinski definition) is 2. The van der Waals surface area contributed by atoms with Crippen molar-refractivity contribution in [3.8, 4) is 5.75 Å². The van der Waals surface area contributed by atoms with Gasteiger partial charge in [-0.3, -0.25) is 9.59 Å². The maximum atomic E-state index is 12.3. The summed E-state index contributed by atoms with van der Waals surface area (Å²) in [6, 6.07) is 15.4. The van der Waals surface area contributed by atoms with Crippen LogP contribution < -0.4 is 15.0 Å². The van der Waals surface area contributed by atoms with Gasteiger partial charge in [0, 0.05) is 37.7 Å².